The Hall–Kier alpha value is -3.34. The summed E-state index contributed by atoms with van der Waals surface area (Å²) in [6, 6.07) is 3.13. The average Bonchev–Trinajstić information content (AvgIpc) is 3.24. The lowest BCUT2D eigenvalue weighted by Crippen LogP contribution is -2.44. The zero-order valence-corrected chi connectivity index (χ0v) is 16.9. The van der Waals surface area contributed by atoms with E-state index >= 15 is 0 Å². The molecule has 0 saturated carbocycles. The molecule has 9 nitrogen and oxygen atoms in total. The van der Waals surface area contributed by atoms with Crippen LogP contribution in [-0.2, 0) is 17.9 Å². The molecule has 0 radical (unpaired) electrons. The second-order valence-corrected chi connectivity index (χ2v) is 8.01. The fraction of sp³-hybridized carbons (Fsp3) is 0.400. The molecule has 1 atom stereocenters. The number of amides is 1. The van der Waals surface area contributed by atoms with E-state index in [1.165, 1.54) is 9.47 Å². The van der Waals surface area contributed by atoms with Crippen LogP contribution in [0.2, 0.25) is 0 Å². The summed E-state index contributed by atoms with van der Waals surface area (Å²) in [5.41, 5.74) is 6.06. The molecule has 0 spiro atoms. The number of benzene rings is 1. The lowest BCUT2D eigenvalue weighted by Gasteiger charge is -2.31. The number of nitrogens with zero attached hydrogens (tertiary/aromatic N) is 6. The Bertz CT molecular complexity index is 1270. The van der Waals surface area contributed by atoms with E-state index in [0.717, 1.165) is 31.0 Å². The van der Waals surface area contributed by atoms with Crippen LogP contribution in [0, 0.1) is 11.6 Å². The van der Waals surface area contributed by atoms with Gasteiger partial charge in [-0.3, -0.25) is 23.6 Å². The number of likely N-dealkylation sites (N-methyl/N-ethyl adjacent to an activating group) is 1. The first-order valence-corrected chi connectivity index (χ1v) is 10.1. The summed E-state index contributed by atoms with van der Waals surface area (Å²) in [6.07, 6.45) is 1.72. The number of aromatic nitrogens is 4. The number of nitrogens with two attached hydrogens (primary N) is 1. The lowest BCUT2D eigenvalue weighted by atomic mass is 10.1. The van der Waals surface area contributed by atoms with Crippen molar-refractivity contribution in [1.29, 1.82) is 0 Å². The summed E-state index contributed by atoms with van der Waals surface area (Å²) in [7, 11) is 1.54. The zero-order chi connectivity index (χ0) is 21.9. The van der Waals surface area contributed by atoms with Crippen LogP contribution in [-0.4, -0.2) is 51.2 Å². The Morgan fingerprint density at radius 3 is 2.74 bits per heavy atom. The quantitative estimate of drug-likeness (QED) is 0.662. The molecule has 2 aromatic heterocycles. The van der Waals surface area contributed by atoms with Crippen molar-refractivity contribution in [2.75, 3.05) is 29.9 Å². The summed E-state index contributed by atoms with van der Waals surface area (Å²) in [5, 5.41) is 0. The number of carbonyl (C=O) groups is 1. The lowest BCUT2D eigenvalue weighted by molar-refractivity contribution is -0.117. The maximum absolute atomic E-state index is 14.4. The molecular formula is C20H21F2N7O2. The van der Waals surface area contributed by atoms with Gasteiger partial charge in [0.15, 0.2) is 11.2 Å². The van der Waals surface area contributed by atoms with Crippen molar-refractivity contribution >= 4 is 29.0 Å². The fourth-order valence-corrected chi connectivity index (χ4v) is 4.26. The van der Waals surface area contributed by atoms with Crippen molar-refractivity contribution in [2.24, 2.45) is 5.73 Å². The van der Waals surface area contributed by atoms with Gasteiger partial charge in [-0.2, -0.15) is 9.97 Å². The molecule has 5 rings (SSSR count). The van der Waals surface area contributed by atoms with Gasteiger partial charge >= 0.3 is 0 Å². The second-order valence-electron chi connectivity index (χ2n) is 8.01. The minimum absolute atomic E-state index is 0.0595. The topological polar surface area (TPSA) is 102 Å². The molecule has 1 saturated heterocycles. The van der Waals surface area contributed by atoms with Crippen LogP contribution in [0.25, 0.3) is 11.2 Å². The van der Waals surface area contributed by atoms with E-state index in [4.69, 9.17) is 5.73 Å². The molecule has 4 heterocycles. The highest BCUT2D eigenvalue weighted by Gasteiger charge is 2.31. The Morgan fingerprint density at radius 1 is 1.19 bits per heavy atom. The molecule has 2 N–H and O–H groups in total. The van der Waals surface area contributed by atoms with Crippen LogP contribution < -0.4 is 21.1 Å². The molecule has 2 aliphatic rings. The van der Waals surface area contributed by atoms with E-state index in [1.807, 2.05) is 4.90 Å². The molecule has 11 heteroatoms. The maximum atomic E-state index is 14.4. The molecule has 1 amide bonds. The number of anilines is 2. The molecule has 0 bridgehead atoms. The van der Waals surface area contributed by atoms with Gasteiger partial charge in [-0.25, -0.2) is 8.78 Å². The molecular weight excluding hydrogens is 408 g/mol. The largest absolute Gasteiger partial charge is 0.341 e. The number of fused-ring (bicyclic) bond motifs is 2. The standard InChI is InChI=1S/C20H21F2N7O2/c1-26-15(30)10-29-18(31)16-17(24-19(26)29)25-20(27-6-2-3-13(23)9-27)28(16)8-11-7-12(21)4-5-14(11)22/h4-5,7,13H,2-3,6,8-10,23H2,1H3. The minimum atomic E-state index is -0.589. The predicted octanol–water partition coefficient (Wildman–Crippen LogP) is 0.823. The van der Waals surface area contributed by atoms with E-state index < -0.39 is 17.2 Å². The highest BCUT2D eigenvalue weighted by molar-refractivity contribution is 5.95. The Balaban J connectivity index is 1.73. The van der Waals surface area contributed by atoms with Crippen LogP contribution >= 0.6 is 0 Å². The van der Waals surface area contributed by atoms with E-state index in [9.17, 15) is 18.4 Å². The minimum Gasteiger partial charge on any atom is -0.341 e. The Kier molecular flexibility index (Phi) is 4.50. The average molecular weight is 429 g/mol. The fourth-order valence-electron chi connectivity index (χ4n) is 4.26. The van der Waals surface area contributed by atoms with Gasteiger partial charge in [0.2, 0.25) is 17.8 Å². The molecule has 31 heavy (non-hydrogen) atoms. The second kappa shape index (κ2) is 7.12. The first-order chi connectivity index (χ1) is 14.8. The predicted molar refractivity (Wildman–Crippen MR) is 110 cm³/mol. The molecule has 3 aromatic rings. The Labute approximate surface area is 175 Å². The number of rotatable bonds is 3. The van der Waals surface area contributed by atoms with Crippen molar-refractivity contribution < 1.29 is 13.6 Å². The monoisotopic (exact) mass is 429 g/mol. The summed E-state index contributed by atoms with van der Waals surface area (Å²) < 4.78 is 31.1. The van der Waals surface area contributed by atoms with Crippen molar-refractivity contribution in [3.8, 4) is 0 Å². The van der Waals surface area contributed by atoms with Crippen LogP contribution in [0.3, 0.4) is 0 Å². The number of hydrogen-bond donors (Lipinski definition) is 1. The van der Waals surface area contributed by atoms with Gasteiger partial charge in [0.25, 0.3) is 5.56 Å². The summed E-state index contributed by atoms with van der Waals surface area (Å²) in [6.45, 7) is 0.953. The first-order valence-electron chi connectivity index (χ1n) is 10.1. The molecule has 1 fully saturated rings. The van der Waals surface area contributed by atoms with Gasteiger partial charge in [-0.15, -0.1) is 0 Å². The number of piperidine rings is 1. The first kappa shape index (κ1) is 19.6. The third-order valence-corrected chi connectivity index (χ3v) is 5.87. The zero-order valence-electron chi connectivity index (χ0n) is 16.9. The molecule has 1 unspecified atom stereocenters. The number of hydrogen-bond acceptors (Lipinski definition) is 6. The third-order valence-electron chi connectivity index (χ3n) is 5.87. The molecule has 162 valence electrons. The smallest absolute Gasteiger partial charge is 0.281 e. The van der Waals surface area contributed by atoms with Gasteiger partial charge in [-0.05, 0) is 31.0 Å². The number of halogens is 2. The van der Waals surface area contributed by atoms with Gasteiger partial charge in [0, 0.05) is 31.7 Å². The van der Waals surface area contributed by atoms with Crippen molar-refractivity contribution in [1.82, 2.24) is 19.1 Å². The van der Waals surface area contributed by atoms with Crippen LogP contribution in [0.1, 0.15) is 18.4 Å². The molecule has 1 aromatic carbocycles. The van der Waals surface area contributed by atoms with Crippen molar-refractivity contribution in [3.63, 3.8) is 0 Å². The summed E-state index contributed by atoms with van der Waals surface area (Å²) >= 11 is 0. The molecule has 0 aliphatic carbocycles. The Morgan fingerprint density at radius 2 is 1.97 bits per heavy atom. The van der Waals surface area contributed by atoms with E-state index in [2.05, 4.69) is 9.97 Å². The summed E-state index contributed by atoms with van der Waals surface area (Å²) in [4.78, 5) is 37.6. The normalized spacial score (nSPS) is 18.8. The van der Waals surface area contributed by atoms with E-state index in [-0.39, 0.29) is 47.7 Å². The van der Waals surface area contributed by atoms with Gasteiger partial charge in [0.05, 0.1) is 6.54 Å². The maximum Gasteiger partial charge on any atom is 0.281 e. The third kappa shape index (κ3) is 3.16. The number of carbonyl (C=O) groups excluding carboxylic acids is 1. The van der Waals surface area contributed by atoms with Gasteiger partial charge < -0.3 is 10.6 Å². The number of imidazole rings is 1. The van der Waals surface area contributed by atoms with E-state index in [1.54, 1.807) is 11.6 Å². The van der Waals surface area contributed by atoms with Gasteiger partial charge in [-0.1, -0.05) is 0 Å². The van der Waals surface area contributed by atoms with Crippen LogP contribution in [0.4, 0.5) is 20.7 Å². The van der Waals surface area contributed by atoms with Crippen molar-refractivity contribution in [3.05, 3.63) is 45.8 Å². The molecule has 2 aliphatic heterocycles. The highest BCUT2D eigenvalue weighted by atomic mass is 19.1. The van der Waals surface area contributed by atoms with Crippen molar-refractivity contribution in [2.45, 2.75) is 32.0 Å². The van der Waals surface area contributed by atoms with Crippen LogP contribution in [0.15, 0.2) is 23.0 Å². The van der Waals surface area contributed by atoms with E-state index in [0.29, 0.717) is 19.0 Å². The van der Waals surface area contributed by atoms with Crippen LogP contribution in [0.5, 0.6) is 0 Å². The van der Waals surface area contributed by atoms with Gasteiger partial charge in [0.1, 0.15) is 18.2 Å². The summed E-state index contributed by atoms with van der Waals surface area (Å²) in [5.74, 6) is -0.788. The highest BCUT2D eigenvalue weighted by Crippen LogP contribution is 2.27. The SMILES string of the molecule is CN1C(=O)Cn2c1nc1nc(N3CCCC(N)C3)n(Cc3cc(F)ccc3F)c1c2=O.